The molecule has 0 spiro atoms. The molecule has 0 fully saturated rings. The van der Waals surface area contributed by atoms with E-state index in [1.54, 1.807) is 7.11 Å². The molecule has 3 heteroatoms. The van der Waals surface area contributed by atoms with E-state index < -0.39 is 0 Å². The van der Waals surface area contributed by atoms with Crippen molar-refractivity contribution in [3.05, 3.63) is 52.6 Å². The van der Waals surface area contributed by atoms with Crippen molar-refractivity contribution in [3.8, 4) is 11.8 Å². The maximum absolute atomic E-state index is 9.11. The van der Waals surface area contributed by atoms with Crippen molar-refractivity contribution < 1.29 is 4.74 Å². The standard InChI is InChI=1S/C20H24N2O/c1-13(2)18-11-17(7-8-19(18)23-6)22(5)20-14(3)9-16(12-21)10-15(20)4/h7-11,13H,1-6H3. The van der Waals surface area contributed by atoms with Crippen LogP contribution in [0.25, 0.3) is 0 Å². The molecular weight excluding hydrogens is 284 g/mol. The summed E-state index contributed by atoms with van der Waals surface area (Å²) >= 11 is 0. The fraction of sp³-hybridized carbons (Fsp3) is 0.350. The van der Waals surface area contributed by atoms with Gasteiger partial charge < -0.3 is 9.64 Å². The second kappa shape index (κ2) is 6.75. The fourth-order valence-electron chi connectivity index (χ4n) is 3.06. The van der Waals surface area contributed by atoms with E-state index in [1.165, 1.54) is 5.56 Å². The Morgan fingerprint density at radius 3 is 2.17 bits per heavy atom. The predicted molar refractivity (Wildman–Crippen MR) is 95.8 cm³/mol. The smallest absolute Gasteiger partial charge is 0.122 e. The molecule has 0 amide bonds. The predicted octanol–water partition coefficient (Wildman–Crippen LogP) is 5.08. The molecule has 2 rings (SSSR count). The molecule has 0 aliphatic carbocycles. The van der Waals surface area contributed by atoms with Crippen molar-refractivity contribution in [2.45, 2.75) is 33.6 Å². The van der Waals surface area contributed by atoms with E-state index in [4.69, 9.17) is 10.00 Å². The molecule has 0 bridgehead atoms. The minimum Gasteiger partial charge on any atom is -0.496 e. The molecule has 0 aliphatic rings. The van der Waals surface area contributed by atoms with E-state index in [1.807, 2.05) is 32.0 Å². The summed E-state index contributed by atoms with van der Waals surface area (Å²) in [4.78, 5) is 2.18. The first-order chi connectivity index (χ1) is 10.9. The lowest BCUT2D eigenvalue weighted by molar-refractivity contribution is 0.407. The lowest BCUT2D eigenvalue weighted by Gasteiger charge is -2.25. The van der Waals surface area contributed by atoms with Crippen molar-refractivity contribution >= 4 is 11.4 Å². The second-order valence-corrected chi connectivity index (χ2v) is 6.21. The summed E-state index contributed by atoms with van der Waals surface area (Å²) in [5, 5.41) is 9.11. The van der Waals surface area contributed by atoms with Gasteiger partial charge in [-0.05, 0) is 66.8 Å². The molecule has 3 nitrogen and oxygen atoms in total. The second-order valence-electron chi connectivity index (χ2n) is 6.21. The molecule has 120 valence electrons. The van der Waals surface area contributed by atoms with Gasteiger partial charge in [-0.15, -0.1) is 0 Å². The quantitative estimate of drug-likeness (QED) is 0.790. The van der Waals surface area contributed by atoms with Crippen LogP contribution < -0.4 is 9.64 Å². The Hall–Kier alpha value is -2.47. The van der Waals surface area contributed by atoms with Gasteiger partial charge in [-0.3, -0.25) is 0 Å². The molecule has 2 aromatic rings. The zero-order valence-corrected chi connectivity index (χ0v) is 14.8. The van der Waals surface area contributed by atoms with Gasteiger partial charge in [0.25, 0.3) is 0 Å². The minimum atomic E-state index is 0.390. The average Bonchev–Trinajstić information content (AvgIpc) is 2.53. The lowest BCUT2D eigenvalue weighted by atomic mass is 10.00. The summed E-state index contributed by atoms with van der Waals surface area (Å²) in [7, 11) is 3.77. The number of hydrogen-bond acceptors (Lipinski definition) is 3. The van der Waals surface area contributed by atoms with Crippen LogP contribution in [0.5, 0.6) is 5.75 Å². The third-order valence-electron chi connectivity index (χ3n) is 4.18. The van der Waals surface area contributed by atoms with Gasteiger partial charge in [0, 0.05) is 18.4 Å². The van der Waals surface area contributed by atoms with Crippen LogP contribution in [0.15, 0.2) is 30.3 Å². The molecule has 23 heavy (non-hydrogen) atoms. The van der Waals surface area contributed by atoms with Crippen LogP contribution in [0.3, 0.4) is 0 Å². The summed E-state index contributed by atoms with van der Waals surface area (Å²) in [5.41, 5.74) is 6.36. The molecule has 0 heterocycles. The molecule has 0 saturated heterocycles. The summed E-state index contributed by atoms with van der Waals surface area (Å²) in [6.07, 6.45) is 0. The van der Waals surface area contributed by atoms with Crippen LogP contribution in [0, 0.1) is 25.2 Å². The van der Waals surface area contributed by atoms with Gasteiger partial charge in [0.2, 0.25) is 0 Å². The van der Waals surface area contributed by atoms with Gasteiger partial charge in [-0.2, -0.15) is 5.26 Å². The highest BCUT2D eigenvalue weighted by Crippen LogP contribution is 2.35. The van der Waals surface area contributed by atoms with Crippen molar-refractivity contribution in [1.29, 1.82) is 5.26 Å². The Labute approximate surface area is 139 Å². The fourth-order valence-corrected chi connectivity index (χ4v) is 3.06. The van der Waals surface area contributed by atoms with Crippen molar-refractivity contribution in [2.24, 2.45) is 0 Å². The minimum absolute atomic E-state index is 0.390. The summed E-state index contributed by atoms with van der Waals surface area (Å²) in [6, 6.07) is 12.4. The number of methoxy groups -OCH3 is 1. The average molecular weight is 308 g/mol. The van der Waals surface area contributed by atoms with Crippen LogP contribution in [0.1, 0.15) is 42.0 Å². The van der Waals surface area contributed by atoms with Crippen molar-refractivity contribution in [3.63, 3.8) is 0 Å². The highest BCUT2D eigenvalue weighted by molar-refractivity contribution is 5.71. The topological polar surface area (TPSA) is 36.3 Å². The van der Waals surface area contributed by atoms with Crippen molar-refractivity contribution in [1.82, 2.24) is 0 Å². The van der Waals surface area contributed by atoms with Gasteiger partial charge in [-0.25, -0.2) is 0 Å². The third kappa shape index (κ3) is 3.32. The van der Waals surface area contributed by atoms with Crippen LogP contribution in [0.4, 0.5) is 11.4 Å². The van der Waals surface area contributed by atoms with Crippen molar-refractivity contribution in [2.75, 3.05) is 19.1 Å². The molecule has 0 aliphatic heterocycles. The zero-order valence-electron chi connectivity index (χ0n) is 14.8. The van der Waals surface area contributed by atoms with E-state index in [2.05, 4.69) is 44.0 Å². The number of rotatable bonds is 4. The maximum Gasteiger partial charge on any atom is 0.122 e. The van der Waals surface area contributed by atoms with Crippen LogP contribution in [0.2, 0.25) is 0 Å². The maximum atomic E-state index is 9.11. The SMILES string of the molecule is COc1ccc(N(C)c2c(C)cc(C#N)cc2C)cc1C(C)C. The Kier molecular flexibility index (Phi) is 4.95. The van der Waals surface area contributed by atoms with Gasteiger partial charge in [-0.1, -0.05) is 13.8 Å². The molecule has 0 saturated carbocycles. The first-order valence-electron chi connectivity index (χ1n) is 7.82. The highest BCUT2D eigenvalue weighted by Gasteiger charge is 2.15. The van der Waals surface area contributed by atoms with E-state index in [0.717, 1.165) is 28.3 Å². The van der Waals surface area contributed by atoms with Gasteiger partial charge in [0.05, 0.1) is 18.7 Å². The van der Waals surface area contributed by atoms with Gasteiger partial charge in [0.1, 0.15) is 5.75 Å². The Morgan fingerprint density at radius 2 is 1.70 bits per heavy atom. The normalized spacial score (nSPS) is 10.5. The largest absolute Gasteiger partial charge is 0.496 e. The van der Waals surface area contributed by atoms with E-state index in [0.29, 0.717) is 11.5 Å². The number of benzene rings is 2. The number of nitrogens with zero attached hydrogens (tertiary/aromatic N) is 2. The number of anilines is 2. The number of ether oxygens (including phenoxy) is 1. The molecule has 0 N–H and O–H groups in total. The van der Waals surface area contributed by atoms with E-state index >= 15 is 0 Å². The van der Waals surface area contributed by atoms with Gasteiger partial charge >= 0.3 is 0 Å². The Balaban J connectivity index is 2.52. The summed E-state index contributed by atoms with van der Waals surface area (Å²) in [5.74, 6) is 1.31. The first kappa shape index (κ1) is 16.9. The molecular formula is C20H24N2O. The summed E-state index contributed by atoms with van der Waals surface area (Å²) in [6.45, 7) is 8.43. The Morgan fingerprint density at radius 1 is 1.09 bits per heavy atom. The highest BCUT2D eigenvalue weighted by atomic mass is 16.5. The number of aryl methyl sites for hydroxylation is 2. The molecule has 2 aromatic carbocycles. The summed E-state index contributed by atoms with van der Waals surface area (Å²) < 4.78 is 5.47. The Bertz CT molecular complexity index is 734. The zero-order chi connectivity index (χ0) is 17.1. The molecule has 0 unspecified atom stereocenters. The van der Waals surface area contributed by atoms with Crippen LogP contribution >= 0.6 is 0 Å². The number of hydrogen-bond donors (Lipinski definition) is 0. The van der Waals surface area contributed by atoms with Crippen LogP contribution in [-0.4, -0.2) is 14.2 Å². The lowest BCUT2D eigenvalue weighted by Crippen LogP contribution is -2.13. The molecule has 0 atom stereocenters. The third-order valence-corrected chi connectivity index (χ3v) is 4.18. The van der Waals surface area contributed by atoms with Gasteiger partial charge in [0.15, 0.2) is 0 Å². The first-order valence-corrected chi connectivity index (χ1v) is 7.82. The number of nitriles is 1. The van der Waals surface area contributed by atoms with E-state index in [9.17, 15) is 0 Å². The monoisotopic (exact) mass is 308 g/mol. The van der Waals surface area contributed by atoms with Crippen LogP contribution in [-0.2, 0) is 0 Å². The molecule has 0 aromatic heterocycles. The van der Waals surface area contributed by atoms with E-state index in [-0.39, 0.29) is 0 Å². The molecule has 0 radical (unpaired) electrons.